The van der Waals surface area contributed by atoms with Crippen molar-refractivity contribution in [1.82, 2.24) is 9.19 Å². The minimum Gasteiger partial charge on any atom is -0.326 e. The fourth-order valence-electron chi connectivity index (χ4n) is 1.36. The van der Waals surface area contributed by atoms with Crippen LogP contribution in [-0.2, 0) is 6.54 Å². The number of hydrogen-bond acceptors (Lipinski definition) is 3. The molecule has 0 aliphatic carbocycles. The second-order valence-electron chi connectivity index (χ2n) is 2.76. The van der Waals surface area contributed by atoms with Gasteiger partial charge in [0.1, 0.15) is 0 Å². The maximum absolute atomic E-state index is 12.5. The Bertz CT molecular complexity index is 471. The highest BCUT2D eigenvalue weighted by Gasteiger charge is 2.10. The summed E-state index contributed by atoms with van der Waals surface area (Å²) in [4.78, 5) is 0. The molecule has 0 unspecified atom stereocenters. The van der Waals surface area contributed by atoms with Crippen molar-refractivity contribution >= 4 is 39.2 Å². The van der Waals surface area contributed by atoms with Gasteiger partial charge in [0.2, 0.25) is 0 Å². The van der Waals surface area contributed by atoms with Crippen molar-refractivity contribution in [3.05, 3.63) is 28.4 Å². The van der Waals surface area contributed by atoms with Crippen LogP contribution in [0, 0.1) is 0 Å². The largest absolute Gasteiger partial charge is 0.326 e. The Morgan fingerprint density at radius 1 is 1.57 bits per heavy atom. The number of nitrogens with two attached hydrogens (primary N) is 1. The summed E-state index contributed by atoms with van der Waals surface area (Å²) < 4.78 is 14.6. The smallest absolute Gasteiger partial charge is 0.188 e. The van der Waals surface area contributed by atoms with E-state index in [-0.39, 0.29) is 12.3 Å². The molecule has 0 saturated heterocycles. The van der Waals surface area contributed by atoms with Crippen LogP contribution in [0.15, 0.2) is 22.8 Å². The van der Waals surface area contributed by atoms with Crippen LogP contribution < -0.4 is 5.73 Å². The van der Waals surface area contributed by atoms with Crippen LogP contribution in [-0.4, -0.2) is 9.19 Å². The molecule has 2 rings (SSSR count). The van der Waals surface area contributed by atoms with Crippen LogP contribution in [0.1, 0.15) is 5.56 Å². The molecule has 6 heteroatoms. The van der Waals surface area contributed by atoms with Gasteiger partial charge < -0.3 is 5.73 Å². The number of rotatable bonds is 2. The first-order valence-corrected chi connectivity index (χ1v) is 5.39. The van der Waals surface area contributed by atoms with Gasteiger partial charge in [-0.3, -0.25) is 0 Å². The summed E-state index contributed by atoms with van der Waals surface area (Å²) in [7, 11) is 0. The van der Waals surface area contributed by atoms with Gasteiger partial charge in [-0.15, -0.1) is 3.89 Å². The molecule has 0 radical (unpaired) electrons. The van der Waals surface area contributed by atoms with Gasteiger partial charge in [-0.05, 0) is 11.6 Å². The summed E-state index contributed by atoms with van der Waals surface area (Å²) in [6.07, 6.45) is 1.62. The third-order valence-electron chi connectivity index (χ3n) is 2.02. The van der Waals surface area contributed by atoms with Crippen molar-refractivity contribution in [2.45, 2.75) is 6.54 Å². The summed E-state index contributed by atoms with van der Waals surface area (Å²) in [6.45, 7) is 0.371. The molecule has 1 aromatic heterocycles. The molecular formula is C8H7BrFN3S. The van der Waals surface area contributed by atoms with Gasteiger partial charge in [0.05, 0.1) is 11.7 Å². The van der Waals surface area contributed by atoms with E-state index in [1.807, 2.05) is 12.1 Å². The number of benzene rings is 1. The first-order valence-electron chi connectivity index (χ1n) is 3.92. The Hall–Kier alpha value is -0.590. The van der Waals surface area contributed by atoms with E-state index in [4.69, 9.17) is 5.73 Å². The minimum atomic E-state index is 0.0724. The summed E-state index contributed by atoms with van der Waals surface area (Å²) in [5, 5.41) is 4.78. The lowest BCUT2D eigenvalue weighted by Gasteiger charge is -2.02. The number of aromatic nitrogens is 2. The van der Waals surface area contributed by atoms with Gasteiger partial charge in [-0.1, -0.05) is 22.0 Å². The van der Waals surface area contributed by atoms with Crippen molar-refractivity contribution in [2.24, 2.45) is 5.73 Å². The van der Waals surface area contributed by atoms with Crippen LogP contribution >= 0.6 is 28.3 Å². The quantitative estimate of drug-likeness (QED) is 0.917. The Morgan fingerprint density at radius 3 is 3.00 bits per heavy atom. The summed E-state index contributed by atoms with van der Waals surface area (Å²) in [5.74, 6) is 0. The Labute approximate surface area is 93.0 Å². The zero-order chi connectivity index (χ0) is 10.1. The second-order valence-corrected chi connectivity index (χ2v) is 4.10. The summed E-state index contributed by atoms with van der Waals surface area (Å²) in [6, 6.07) is 3.75. The van der Waals surface area contributed by atoms with E-state index in [9.17, 15) is 3.89 Å². The average Bonchev–Trinajstić information content (AvgIpc) is 2.63. The highest BCUT2D eigenvalue weighted by Crippen LogP contribution is 2.29. The molecule has 74 valence electrons. The highest BCUT2D eigenvalue weighted by molar-refractivity contribution is 9.10. The second kappa shape index (κ2) is 3.88. The topological polar surface area (TPSA) is 43.8 Å². The van der Waals surface area contributed by atoms with E-state index in [1.54, 1.807) is 6.20 Å². The summed E-state index contributed by atoms with van der Waals surface area (Å²) in [5.41, 5.74) is 7.17. The molecule has 0 atom stereocenters. The number of halogens is 2. The lowest BCUT2D eigenvalue weighted by Crippen LogP contribution is -1.99. The van der Waals surface area contributed by atoms with Crippen molar-refractivity contribution in [2.75, 3.05) is 0 Å². The molecule has 0 spiro atoms. The summed E-state index contributed by atoms with van der Waals surface area (Å²) >= 11 is 3.45. The van der Waals surface area contributed by atoms with Gasteiger partial charge in [-0.25, -0.2) is 0 Å². The first-order chi connectivity index (χ1) is 6.77. The van der Waals surface area contributed by atoms with Crippen LogP contribution in [0.5, 0.6) is 0 Å². The lowest BCUT2D eigenvalue weighted by molar-refractivity contribution is 0.885. The van der Waals surface area contributed by atoms with Crippen molar-refractivity contribution in [3.8, 4) is 0 Å². The normalized spacial score (nSPS) is 11.1. The first kappa shape index (κ1) is 9.95. The zero-order valence-corrected chi connectivity index (χ0v) is 9.48. The predicted octanol–water partition coefficient (Wildman–Crippen LogP) is 2.64. The van der Waals surface area contributed by atoms with E-state index >= 15 is 0 Å². The fourth-order valence-corrected chi connectivity index (χ4v) is 2.15. The third kappa shape index (κ3) is 1.43. The maximum atomic E-state index is 12.5. The Morgan fingerprint density at radius 2 is 2.36 bits per heavy atom. The standard InChI is InChI=1S/C8H7BrFN3S/c9-7-2-1-5(3-11)8-6(7)4-12-13(8)14-10/h1-2,4H,3,11H2. The Balaban J connectivity index is 2.82. The molecule has 0 aliphatic heterocycles. The van der Waals surface area contributed by atoms with E-state index in [0.717, 1.165) is 20.9 Å². The highest BCUT2D eigenvalue weighted by atomic mass is 79.9. The lowest BCUT2D eigenvalue weighted by atomic mass is 10.1. The number of nitrogens with zero attached hydrogens (tertiary/aromatic N) is 2. The SMILES string of the molecule is NCc1ccc(Br)c2cnn(SF)c12. The van der Waals surface area contributed by atoms with Crippen molar-refractivity contribution < 1.29 is 3.89 Å². The molecular weight excluding hydrogens is 269 g/mol. The fraction of sp³-hybridized carbons (Fsp3) is 0.125. The average molecular weight is 276 g/mol. The molecule has 2 N–H and O–H groups in total. The van der Waals surface area contributed by atoms with E-state index in [2.05, 4.69) is 21.0 Å². The van der Waals surface area contributed by atoms with Crippen LogP contribution in [0.25, 0.3) is 10.9 Å². The van der Waals surface area contributed by atoms with E-state index in [1.165, 1.54) is 4.09 Å². The Kier molecular flexibility index (Phi) is 2.76. The van der Waals surface area contributed by atoms with Crippen molar-refractivity contribution in [3.63, 3.8) is 0 Å². The minimum absolute atomic E-state index is 0.0724. The molecule has 0 amide bonds. The van der Waals surface area contributed by atoms with Gasteiger partial charge in [-0.2, -0.15) is 9.19 Å². The zero-order valence-electron chi connectivity index (χ0n) is 7.08. The molecule has 0 saturated carbocycles. The maximum Gasteiger partial charge on any atom is 0.188 e. The predicted molar refractivity (Wildman–Crippen MR) is 59.4 cm³/mol. The van der Waals surface area contributed by atoms with Crippen LogP contribution in [0.3, 0.4) is 0 Å². The number of fused-ring (bicyclic) bond motifs is 1. The molecule has 1 heterocycles. The molecule has 1 aromatic carbocycles. The van der Waals surface area contributed by atoms with Crippen molar-refractivity contribution in [1.29, 1.82) is 0 Å². The van der Waals surface area contributed by atoms with Gasteiger partial charge in [0, 0.05) is 16.4 Å². The molecule has 0 aliphatic rings. The third-order valence-corrected chi connectivity index (χ3v) is 3.11. The van der Waals surface area contributed by atoms with Crippen LogP contribution in [0.2, 0.25) is 0 Å². The molecule has 2 aromatic rings. The molecule has 14 heavy (non-hydrogen) atoms. The monoisotopic (exact) mass is 275 g/mol. The van der Waals surface area contributed by atoms with Crippen LogP contribution in [0.4, 0.5) is 3.89 Å². The number of hydrogen-bond donors (Lipinski definition) is 1. The molecule has 0 bridgehead atoms. The van der Waals surface area contributed by atoms with Gasteiger partial charge in [0.15, 0.2) is 12.3 Å². The van der Waals surface area contributed by atoms with Gasteiger partial charge in [0.25, 0.3) is 0 Å². The van der Waals surface area contributed by atoms with E-state index < -0.39 is 0 Å². The molecule has 3 nitrogen and oxygen atoms in total. The van der Waals surface area contributed by atoms with E-state index in [0.29, 0.717) is 6.54 Å². The van der Waals surface area contributed by atoms with Gasteiger partial charge >= 0.3 is 0 Å². The molecule has 0 fully saturated rings.